The third kappa shape index (κ3) is 2.49. The molecule has 0 atom stereocenters. The molecule has 3 nitrogen and oxygen atoms in total. The zero-order valence-corrected chi connectivity index (χ0v) is 8.53. The highest BCUT2D eigenvalue weighted by molar-refractivity contribution is 6.00. The number of hydrogen-bond donors (Lipinski definition) is 1. The van der Waals surface area contributed by atoms with E-state index in [-0.39, 0.29) is 0 Å². The van der Waals surface area contributed by atoms with Gasteiger partial charge < -0.3 is 9.94 Å². The zero-order chi connectivity index (χ0) is 10.4. The van der Waals surface area contributed by atoms with E-state index in [0.717, 1.165) is 11.3 Å². The molecule has 0 bridgehead atoms. The molecule has 1 rings (SSSR count). The molecule has 0 fully saturated rings. The van der Waals surface area contributed by atoms with E-state index in [2.05, 4.69) is 5.16 Å². The Morgan fingerprint density at radius 2 is 1.93 bits per heavy atom. The Morgan fingerprint density at radius 1 is 1.29 bits per heavy atom. The molecule has 0 saturated carbocycles. The van der Waals surface area contributed by atoms with Crippen molar-refractivity contribution in [2.45, 2.75) is 20.3 Å². The first-order chi connectivity index (χ1) is 6.81. The predicted molar refractivity (Wildman–Crippen MR) is 56.2 cm³/mol. The van der Waals surface area contributed by atoms with Gasteiger partial charge in [-0.3, -0.25) is 0 Å². The Kier molecular flexibility index (Phi) is 3.98. The second-order valence-corrected chi connectivity index (χ2v) is 2.86. The van der Waals surface area contributed by atoms with E-state index in [9.17, 15) is 0 Å². The highest BCUT2D eigenvalue weighted by Gasteiger charge is 2.01. The van der Waals surface area contributed by atoms with Crippen LogP contribution in [0.5, 0.6) is 5.75 Å². The SMILES string of the molecule is CCOc1ccc(/C(CC)=N\O)cc1. The molecule has 1 aromatic carbocycles. The fourth-order valence-corrected chi connectivity index (χ4v) is 1.24. The van der Waals surface area contributed by atoms with Gasteiger partial charge in [-0.25, -0.2) is 0 Å². The molecular weight excluding hydrogens is 178 g/mol. The van der Waals surface area contributed by atoms with E-state index >= 15 is 0 Å². The molecule has 0 aliphatic heterocycles. The molecule has 0 amide bonds. The average molecular weight is 193 g/mol. The van der Waals surface area contributed by atoms with Gasteiger partial charge in [0.25, 0.3) is 0 Å². The fourth-order valence-electron chi connectivity index (χ4n) is 1.24. The van der Waals surface area contributed by atoms with E-state index in [1.54, 1.807) is 0 Å². The van der Waals surface area contributed by atoms with Crippen molar-refractivity contribution in [2.24, 2.45) is 5.16 Å². The summed E-state index contributed by atoms with van der Waals surface area (Å²) in [4.78, 5) is 0. The molecule has 14 heavy (non-hydrogen) atoms. The molecule has 0 saturated heterocycles. The summed E-state index contributed by atoms with van der Waals surface area (Å²) in [6, 6.07) is 7.53. The van der Waals surface area contributed by atoms with Gasteiger partial charge in [0.2, 0.25) is 0 Å². The van der Waals surface area contributed by atoms with Gasteiger partial charge in [0.15, 0.2) is 0 Å². The number of benzene rings is 1. The summed E-state index contributed by atoms with van der Waals surface area (Å²) >= 11 is 0. The Labute approximate surface area is 84.0 Å². The van der Waals surface area contributed by atoms with Crippen LogP contribution in [-0.2, 0) is 0 Å². The molecule has 3 heteroatoms. The summed E-state index contributed by atoms with van der Waals surface area (Å²) in [5.74, 6) is 0.838. The number of oxime groups is 1. The molecule has 1 aromatic rings. The number of nitrogens with zero attached hydrogens (tertiary/aromatic N) is 1. The summed E-state index contributed by atoms with van der Waals surface area (Å²) in [6.07, 6.45) is 0.713. The smallest absolute Gasteiger partial charge is 0.119 e. The van der Waals surface area contributed by atoms with E-state index in [1.165, 1.54) is 0 Å². The third-order valence-corrected chi connectivity index (χ3v) is 1.95. The van der Waals surface area contributed by atoms with Crippen molar-refractivity contribution in [1.82, 2.24) is 0 Å². The molecule has 0 aliphatic carbocycles. The van der Waals surface area contributed by atoms with Crippen LogP contribution in [0, 0.1) is 0 Å². The number of hydrogen-bond acceptors (Lipinski definition) is 3. The molecular formula is C11H15NO2. The van der Waals surface area contributed by atoms with Gasteiger partial charge in [-0.15, -0.1) is 0 Å². The van der Waals surface area contributed by atoms with Crippen molar-refractivity contribution in [1.29, 1.82) is 0 Å². The van der Waals surface area contributed by atoms with Crippen LogP contribution in [0.2, 0.25) is 0 Å². The molecule has 0 aliphatic rings. The summed E-state index contributed by atoms with van der Waals surface area (Å²) in [5, 5.41) is 11.9. The third-order valence-electron chi connectivity index (χ3n) is 1.95. The van der Waals surface area contributed by atoms with Crippen molar-refractivity contribution in [3.8, 4) is 5.75 Å². The van der Waals surface area contributed by atoms with E-state index in [1.807, 2.05) is 38.1 Å². The second kappa shape index (κ2) is 5.27. The Balaban J connectivity index is 2.82. The Morgan fingerprint density at radius 3 is 2.36 bits per heavy atom. The minimum absolute atomic E-state index is 0.661. The molecule has 0 aromatic heterocycles. The van der Waals surface area contributed by atoms with Crippen molar-refractivity contribution in [3.05, 3.63) is 29.8 Å². The largest absolute Gasteiger partial charge is 0.494 e. The van der Waals surface area contributed by atoms with Crippen LogP contribution in [0.15, 0.2) is 29.4 Å². The van der Waals surface area contributed by atoms with Gasteiger partial charge in [-0.2, -0.15) is 0 Å². The van der Waals surface area contributed by atoms with Gasteiger partial charge in [0.1, 0.15) is 5.75 Å². The van der Waals surface area contributed by atoms with Gasteiger partial charge in [0, 0.05) is 0 Å². The first-order valence-electron chi connectivity index (χ1n) is 4.76. The van der Waals surface area contributed by atoms with E-state index < -0.39 is 0 Å². The quantitative estimate of drug-likeness (QED) is 0.454. The normalized spacial score (nSPS) is 11.4. The maximum absolute atomic E-state index is 8.71. The summed E-state index contributed by atoms with van der Waals surface area (Å²) in [6.45, 7) is 4.56. The number of rotatable bonds is 4. The molecule has 1 N–H and O–H groups in total. The molecule has 0 spiro atoms. The first-order valence-corrected chi connectivity index (χ1v) is 4.76. The fraction of sp³-hybridized carbons (Fsp3) is 0.364. The van der Waals surface area contributed by atoms with Crippen LogP contribution in [0.4, 0.5) is 0 Å². The van der Waals surface area contributed by atoms with Crippen LogP contribution >= 0.6 is 0 Å². The molecule has 0 unspecified atom stereocenters. The molecule has 76 valence electrons. The van der Waals surface area contributed by atoms with Crippen LogP contribution in [0.1, 0.15) is 25.8 Å². The van der Waals surface area contributed by atoms with Crippen molar-refractivity contribution in [3.63, 3.8) is 0 Å². The predicted octanol–water partition coefficient (Wildman–Crippen LogP) is 2.67. The maximum atomic E-state index is 8.71. The lowest BCUT2D eigenvalue weighted by atomic mass is 10.1. The van der Waals surface area contributed by atoms with Gasteiger partial charge in [0.05, 0.1) is 12.3 Å². The van der Waals surface area contributed by atoms with E-state index in [0.29, 0.717) is 18.7 Å². The lowest BCUT2D eigenvalue weighted by molar-refractivity contribution is 0.318. The van der Waals surface area contributed by atoms with Gasteiger partial charge in [-0.1, -0.05) is 12.1 Å². The summed E-state index contributed by atoms with van der Waals surface area (Å²) in [5.41, 5.74) is 1.62. The maximum Gasteiger partial charge on any atom is 0.119 e. The zero-order valence-electron chi connectivity index (χ0n) is 8.53. The molecule has 0 radical (unpaired) electrons. The van der Waals surface area contributed by atoms with Crippen LogP contribution in [0.3, 0.4) is 0 Å². The molecule has 0 heterocycles. The standard InChI is InChI=1S/C11H15NO2/c1-3-11(12-13)9-5-7-10(8-6-9)14-4-2/h5-8,13H,3-4H2,1-2H3/b12-11-. The van der Waals surface area contributed by atoms with Crippen LogP contribution < -0.4 is 4.74 Å². The second-order valence-electron chi connectivity index (χ2n) is 2.86. The van der Waals surface area contributed by atoms with Crippen LogP contribution in [-0.4, -0.2) is 17.5 Å². The average Bonchev–Trinajstić information content (AvgIpc) is 2.23. The first kappa shape index (κ1) is 10.6. The lowest BCUT2D eigenvalue weighted by Gasteiger charge is -2.04. The topological polar surface area (TPSA) is 41.8 Å². The van der Waals surface area contributed by atoms with Gasteiger partial charge >= 0.3 is 0 Å². The van der Waals surface area contributed by atoms with Crippen molar-refractivity contribution in [2.75, 3.05) is 6.61 Å². The highest BCUT2D eigenvalue weighted by Crippen LogP contribution is 2.13. The van der Waals surface area contributed by atoms with Crippen molar-refractivity contribution < 1.29 is 9.94 Å². The highest BCUT2D eigenvalue weighted by atomic mass is 16.5. The minimum Gasteiger partial charge on any atom is -0.494 e. The number of ether oxygens (including phenoxy) is 1. The summed E-state index contributed by atoms with van der Waals surface area (Å²) in [7, 11) is 0. The minimum atomic E-state index is 0.661. The lowest BCUT2D eigenvalue weighted by Crippen LogP contribution is -1.99. The Bertz CT molecular complexity index is 304. The van der Waals surface area contributed by atoms with Gasteiger partial charge in [-0.05, 0) is 43.2 Å². The summed E-state index contributed by atoms with van der Waals surface area (Å²) < 4.78 is 5.31. The van der Waals surface area contributed by atoms with E-state index in [4.69, 9.17) is 9.94 Å². The Hall–Kier alpha value is -1.51. The monoisotopic (exact) mass is 193 g/mol. The van der Waals surface area contributed by atoms with Crippen LogP contribution in [0.25, 0.3) is 0 Å². The van der Waals surface area contributed by atoms with Crippen molar-refractivity contribution >= 4 is 5.71 Å².